The van der Waals surface area contributed by atoms with E-state index in [2.05, 4.69) is 38.8 Å². The van der Waals surface area contributed by atoms with Gasteiger partial charge in [-0.05, 0) is 35.8 Å². The molecule has 0 unspecified atom stereocenters. The van der Waals surface area contributed by atoms with Crippen LogP contribution in [0, 0.1) is 0 Å². The van der Waals surface area contributed by atoms with Crippen molar-refractivity contribution in [1.82, 2.24) is 9.55 Å². The lowest BCUT2D eigenvalue weighted by Crippen LogP contribution is -2.40. The third-order valence-electron chi connectivity index (χ3n) is 5.70. The molecule has 0 aliphatic rings. The molecule has 2 heterocycles. The van der Waals surface area contributed by atoms with Gasteiger partial charge < -0.3 is 14.1 Å². The quantitative estimate of drug-likeness (QED) is 0.422. The van der Waals surface area contributed by atoms with E-state index in [0.717, 1.165) is 15.9 Å². The number of methoxy groups -OCH3 is 1. The molecule has 0 fully saturated rings. The average molecular weight is 481 g/mol. The fraction of sp³-hybridized carbons (Fsp3) is 0.381. The summed E-state index contributed by atoms with van der Waals surface area (Å²) in [6.07, 6.45) is 0. The first kappa shape index (κ1) is 23.5. The third kappa shape index (κ3) is 4.41. The van der Waals surface area contributed by atoms with Crippen LogP contribution in [0.5, 0.6) is 0 Å². The van der Waals surface area contributed by atoms with Gasteiger partial charge in [-0.3, -0.25) is 4.79 Å². The second-order valence-electron chi connectivity index (χ2n) is 8.72. The van der Waals surface area contributed by atoms with Crippen LogP contribution in [0.25, 0.3) is 16.6 Å². The predicted octanol–water partition coefficient (Wildman–Crippen LogP) is 4.70. The van der Waals surface area contributed by atoms with Gasteiger partial charge in [0, 0.05) is 0 Å². The Labute approximate surface area is 189 Å². The maximum atomic E-state index is 13.4. The van der Waals surface area contributed by atoms with Gasteiger partial charge in [-0.15, -0.1) is 11.3 Å². The number of hydrogen-bond donors (Lipinski definition) is 1. The van der Waals surface area contributed by atoms with E-state index in [1.54, 1.807) is 12.1 Å². The minimum atomic E-state index is -2.05. The number of thiophene rings is 1. The van der Waals surface area contributed by atoms with Crippen LogP contribution in [0.4, 0.5) is 0 Å². The molecular weight excluding hydrogens is 456 g/mol. The van der Waals surface area contributed by atoms with Crippen LogP contribution in [-0.2, 0) is 15.8 Å². The molecule has 0 amide bonds. The van der Waals surface area contributed by atoms with Gasteiger partial charge in [0.25, 0.3) is 5.56 Å². The van der Waals surface area contributed by atoms with Crippen LogP contribution >= 0.6 is 22.9 Å². The van der Waals surface area contributed by atoms with Crippen LogP contribution in [0.3, 0.4) is 0 Å². The molecule has 0 aliphatic heterocycles. The second kappa shape index (κ2) is 8.38. The number of halogens is 1. The first-order valence-electron chi connectivity index (χ1n) is 9.66. The molecule has 166 valence electrons. The highest BCUT2D eigenvalue weighted by molar-refractivity contribution is 7.18. The van der Waals surface area contributed by atoms with Crippen molar-refractivity contribution in [2.24, 2.45) is 0 Å². The van der Waals surface area contributed by atoms with Crippen LogP contribution in [0.1, 0.15) is 36.0 Å². The number of rotatable bonds is 5. The monoisotopic (exact) mass is 480 g/mol. The number of fused-ring (bicyclic) bond motifs is 1. The molecule has 0 aliphatic carbocycles. The minimum Gasteiger partial charge on any atom is -0.465 e. The summed E-state index contributed by atoms with van der Waals surface area (Å²) in [6.45, 7) is 11.0. The van der Waals surface area contributed by atoms with Crippen LogP contribution in [0.2, 0.25) is 22.5 Å². The lowest BCUT2D eigenvalue weighted by Gasteiger charge is -2.36. The highest BCUT2D eigenvalue weighted by atomic mass is 35.5. The third-order valence-corrected chi connectivity index (χ3v) is 11.5. The van der Waals surface area contributed by atoms with E-state index in [9.17, 15) is 14.4 Å². The number of hydrogen-bond acceptors (Lipinski definition) is 6. The van der Waals surface area contributed by atoms with Gasteiger partial charge in [-0.1, -0.05) is 44.5 Å². The predicted molar refractivity (Wildman–Crippen MR) is 126 cm³/mol. The summed E-state index contributed by atoms with van der Waals surface area (Å²) in [7, 11) is -0.806. The van der Waals surface area contributed by atoms with Crippen molar-refractivity contribution < 1.29 is 14.0 Å². The average Bonchev–Trinajstić information content (AvgIpc) is 3.06. The van der Waals surface area contributed by atoms with E-state index in [1.807, 2.05) is 6.07 Å². The minimum absolute atomic E-state index is 0.0145. The highest BCUT2D eigenvalue weighted by Crippen LogP contribution is 2.37. The van der Waals surface area contributed by atoms with Crippen LogP contribution < -0.4 is 11.2 Å². The first-order chi connectivity index (χ1) is 14.4. The Morgan fingerprint density at radius 2 is 1.94 bits per heavy atom. The molecule has 0 radical (unpaired) electrons. The number of carbonyl (C=O) groups excluding carboxylic acids is 1. The van der Waals surface area contributed by atoms with E-state index in [1.165, 1.54) is 13.2 Å². The maximum Gasteiger partial charge on any atom is 0.348 e. The number of esters is 1. The zero-order chi connectivity index (χ0) is 23.1. The molecule has 0 atom stereocenters. The number of ether oxygens (including phenoxy) is 1. The molecule has 0 spiro atoms. The zero-order valence-corrected chi connectivity index (χ0v) is 20.9. The van der Waals surface area contributed by atoms with E-state index in [4.69, 9.17) is 20.8 Å². The number of nitrogens with one attached hydrogen (secondary N) is 1. The molecule has 2 aromatic heterocycles. The van der Waals surface area contributed by atoms with Gasteiger partial charge in [-0.25, -0.2) is 14.2 Å². The highest BCUT2D eigenvalue weighted by Gasteiger charge is 2.37. The van der Waals surface area contributed by atoms with E-state index >= 15 is 0 Å². The molecule has 3 aromatic rings. The zero-order valence-electron chi connectivity index (χ0n) is 18.3. The first-order valence-corrected chi connectivity index (χ1v) is 13.8. The van der Waals surface area contributed by atoms with Crippen molar-refractivity contribution in [3.63, 3.8) is 0 Å². The van der Waals surface area contributed by atoms with Crippen molar-refractivity contribution in [2.45, 2.75) is 45.5 Å². The number of benzene rings is 1. The summed E-state index contributed by atoms with van der Waals surface area (Å²) in [4.78, 5) is 40.9. The van der Waals surface area contributed by atoms with Crippen LogP contribution in [0.15, 0.2) is 33.9 Å². The molecule has 0 bridgehead atoms. The summed E-state index contributed by atoms with van der Waals surface area (Å²) in [5, 5.41) is 0.364. The lowest BCUT2D eigenvalue weighted by molar-refractivity contribution is 0.0606. The summed E-state index contributed by atoms with van der Waals surface area (Å²) in [5.74, 6) is -0.591. The van der Waals surface area contributed by atoms with Crippen LogP contribution in [-0.4, -0.2) is 30.9 Å². The molecule has 1 N–H and O–H groups in total. The summed E-state index contributed by atoms with van der Waals surface area (Å²) in [5.41, 5.74) is 0.0692. The molecular formula is C21H25ClN2O5SSi. The number of aromatic nitrogens is 2. The van der Waals surface area contributed by atoms with Gasteiger partial charge in [0.15, 0.2) is 8.32 Å². The molecule has 3 rings (SSSR count). The normalized spacial score (nSPS) is 12.4. The molecule has 31 heavy (non-hydrogen) atoms. The summed E-state index contributed by atoms with van der Waals surface area (Å²) in [6, 6.07) is 6.65. The van der Waals surface area contributed by atoms with Gasteiger partial charge in [0.1, 0.15) is 9.21 Å². The van der Waals surface area contributed by atoms with Gasteiger partial charge in [0.2, 0.25) is 0 Å². The maximum absolute atomic E-state index is 13.4. The standard InChI is InChI=1S/C21H25ClN2O5SSi/c1-21(2,3)31(5,6)29-11-12-8-7-9-13-16(12)18(25)24(20(27)23-13)14-10-15(19(26)28-4)30-17(14)22/h7-10H,11H2,1-6H3,(H,23,27). The largest absolute Gasteiger partial charge is 0.465 e. The number of H-pyrrole nitrogens is 1. The molecule has 0 saturated carbocycles. The Hall–Kier alpha value is -2.20. The number of aromatic amines is 1. The lowest BCUT2D eigenvalue weighted by atomic mass is 10.1. The molecule has 7 nitrogen and oxygen atoms in total. The summed E-state index contributed by atoms with van der Waals surface area (Å²) < 4.78 is 12.1. The van der Waals surface area contributed by atoms with Crippen molar-refractivity contribution in [2.75, 3.05) is 7.11 Å². The second-order valence-corrected chi connectivity index (χ2v) is 15.2. The van der Waals surface area contributed by atoms with E-state index in [0.29, 0.717) is 16.5 Å². The molecule has 10 heteroatoms. The Bertz CT molecular complexity index is 1270. The smallest absolute Gasteiger partial charge is 0.348 e. The fourth-order valence-corrected chi connectivity index (χ4v) is 4.98. The van der Waals surface area contributed by atoms with Crippen molar-refractivity contribution in [3.8, 4) is 5.69 Å². The fourth-order valence-electron chi connectivity index (χ4n) is 2.86. The Kier molecular flexibility index (Phi) is 6.34. The Morgan fingerprint density at radius 3 is 2.55 bits per heavy atom. The van der Waals surface area contributed by atoms with Gasteiger partial charge in [-0.2, -0.15) is 0 Å². The van der Waals surface area contributed by atoms with Gasteiger partial charge >= 0.3 is 11.7 Å². The number of carbonyl (C=O) groups is 1. The van der Waals surface area contributed by atoms with E-state index in [-0.39, 0.29) is 26.5 Å². The van der Waals surface area contributed by atoms with E-state index < -0.39 is 25.5 Å². The SMILES string of the molecule is COC(=O)c1cc(-n2c(=O)[nH]c3cccc(CO[Si](C)(C)C(C)(C)C)c3c2=O)c(Cl)s1. The van der Waals surface area contributed by atoms with Crippen molar-refractivity contribution >= 4 is 48.1 Å². The van der Waals surface area contributed by atoms with Crippen molar-refractivity contribution in [1.29, 1.82) is 0 Å². The molecule has 1 aromatic carbocycles. The van der Waals surface area contributed by atoms with Gasteiger partial charge in [0.05, 0.1) is 30.3 Å². The van der Waals surface area contributed by atoms with Crippen molar-refractivity contribution in [3.05, 3.63) is 59.9 Å². The Morgan fingerprint density at radius 1 is 1.26 bits per heavy atom. The topological polar surface area (TPSA) is 90.4 Å². The summed E-state index contributed by atoms with van der Waals surface area (Å²) >= 11 is 7.21. The number of nitrogens with zero attached hydrogens (tertiary/aromatic N) is 1. The Balaban J connectivity index is 2.16. The molecule has 0 saturated heterocycles.